The molecule has 1 saturated heterocycles. The van der Waals surface area contributed by atoms with Crippen LogP contribution in [0.2, 0.25) is 0 Å². The molecule has 1 aromatic heterocycles. The minimum absolute atomic E-state index is 0.351. The zero-order valence-corrected chi connectivity index (χ0v) is 19.0. The van der Waals surface area contributed by atoms with Crippen LogP contribution in [0.5, 0.6) is 5.75 Å². The average Bonchev–Trinajstić information content (AvgIpc) is 3.28. The first-order valence-corrected chi connectivity index (χ1v) is 11.8. The second-order valence-corrected chi connectivity index (χ2v) is 8.78. The smallest absolute Gasteiger partial charge is 0.233 e. The molecule has 2 aromatic rings. The van der Waals surface area contributed by atoms with Gasteiger partial charge in [-0.25, -0.2) is 4.39 Å². The number of rotatable bonds is 8. The van der Waals surface area contributed by atoms with Crippen LogP contribution < -0.4 is 15.5 Å². The molecule has 174 valence electrons. The number of hydrogen-bond donors (Lipinski definition) is 3. The molecular weight excluding hydrogens is 409 g/mol. The Bertz CT molecular complexity index is 906. The Hall–Kier alpha value is -2.68. The molecular formula is C23H34FN7O. The lowest BCUT2D eigenvalue weighted by molar-refractivity contribution is 0.277. The lowest BCUT2D eigenvalue weighted by atomic mass is 9.95. The van der Waals surface area contributed by atoms with E-state index in [-0.39, 0.29) is 5.75 Å². The van der Waals surface area contributed by atoms with Crippen LogP contribution in [0.4, 0.5) is 27.9 Å². The third-order valence-corrected chi connectivity index (χ3v) is 6.67. The van der Waals surface area contributed by atoms with E-state index in [2.05, 4.69) is 37.3 Å². The van der Waals surface area contributed by atoms with Gasteiger partial charge in [-0.2, -0.15) is 15.0 Å². The summed E-state index contributed by atoms with van der Waals surface area (Å²) in [7, 11) is 2.04. The summed E-state index contributed by atoms with van der Waals surface area (Å²) in [5.41, 5.74) is 0.469. The largest absolute Gasteiger partial charge is 0.505 e. The van der Waals surface area contributed by atoms with Gasteiger partial charge in [-0.15, -0.1) is 0 Å². The topological polar surface area (TPSA) is 89.4 Å². The van der Waals surface area contributed by atoms with Gasteiger partial charge in [0.2, 0.25) is 17.8 Å². The molecule has 2 fully saturated rings. The highest BCUT2D eigenvalue weighted by Gasteiger charge is 2.24. The van der Waals surface area contributed by atoms with Crippen LogP contribution in [0, 0.1) is 5.82 Å². The fraction of sp³-hybridized carbons (Fsp3) is 0.609. The molecule has 1 aliphatic carbocycles. The van der Waals surface area contributed by atoms with Crippen molar-refractivity contribution >= 4 is 23.5 Å². The first kappa shape index (κ1) is 22.5. The van der Waals surface area contributed by atoms with Crippen molar-refractivity contribution in [3.05, 3.63) is 24.0 Å². The van der Waals surface area contributed by atoms with Crippen LogP contribution in [-0.4, -0.2) is 63.7 Å². The van der Waals surface area contributed by atoms with E-state index in [1.54, 1.807) is 6.07 Å². The summed E-state index contributed by atoms with van der Waals surface area (Å²) in [5, 5.41) is 15.9. The Morgan fingerprint density at radius 1 is 1.09 bits per heavy atom. The van der Waals surface area contributed by atoms with Crippen molar-refractivity contribution in [3.8, 4) is 5.75 Å². The number of aromatic nitrogens is 3. The van der Waals surface area contributed by atoms with Crippen LogP contribution in [0.25, 0.3) is 0 Å². The first-order valence-electron chi connectivity index (χ1n) is 11.8. The minimum atomic E-state index is -0.692. The number of likely N-dealkylation sites (tertiary alicyclic amines) is 1. The number of nitrogens with one attached hydrogen (secondary N) is 2. The Morgan fingerprint density at radius 3 is 2.62 bits per heavy atom. The van der Waals surface area contributed by atoms with Gasteiger partial charge in [-0.1, -0.05) is 26.2 Å². The highest BCUT2D eigenvalue weighted by Crippen LogP contribution is 2.27. The van der Waals surface area contributed by atoms with E-state index in [0.717, 1.165) is 32.5 Å². The molecule has 1 atom stereocenters. The highest BCUT2D eigenvalue weighted by molar-refractivity contribution is 5.57. The number of phenolic OH excluding ortho intramolecular Hbond substituents is 1. The van der Waals surface area contributed by atoms with E-state index >= 15 is 0 Å². The van der Waals surface area contributed by atoms with E-state index < -0.39 is 5.82 Å². The quantitative estimate of drug-likeness (QED) is 0.525. The fourth-order valence-electron chi connectivity index (χ4n) is 4.75. The zero-order valence-electron chi connectivity index (χ0n) is 19.0. The Labute approximate surface area is 189 Å². The predicted octanol–water partition coefficient (Wildman–Crippen LogP) is 4.13. The number of benzene rings is 1. The third kappa shape index (κ3) is 5.38. The monoisotopic (exact) mass is 443 g/mol. The molecule has 0 bridgehead atoms. The van der Waals surface area contributed by atoms with Gasteiger partial charge in [0.05, 0.1) is 0 Å². The number of anilines is 4. The molecule has 2 aliphatic rings. The molecule has 1 saturated carbocycles. The molecule has 8 nitrogen and oxygen atoms in total. The summed E-state index contributed by atoms with van der Waals surface area (Å²) >= 11 is 0. The second-order valence-electron chi connectivity index (χ2n) is 8.78. The fourth-order valence-corrected chi connectivity index (χ4v) is 4.75. The van der Waals surface area contributed by atoms with Crippen LogP contribution in [0.15, 0.2) is 18.2 Å². The molecule has 0 amide bonds. The summed E-state index contributed by atoms with van der Waals surface area (Å²) in [6.07, 6.45) is 8.36. The zero-order chi connectivity index (χ0) is 22.5. The number of likely N-dealkylation sites (N-methyl/N-ethyl adjacent to an activating group) is 1. The number of aromatic hydroxyl groups is 1. The number of phenols is 1. The average molecular weight is 444 g/mol. The van der Waals surface area contributed by atoms with Gasteiger partial charge in [-0.05, 0) is 50.9 Å². The Morgan fingerprint density at radius 2 is 1.88 bits per heavy atom. The molecule has 4 rings (SSSR count). The van der Waals surface area contributed by atoms with Crippen LogP contribution in [0.3, 0.4) is 0 Å². The maximum atomic E-state index is 13.8. The van der Waals surface area contributed by atoms with Crippen molar-refractivity contribution in [1.29, 1.82) is 0 Å². The van der Waals surface area contributed by atoms with Gasteiger partial charge in [0.1, 0.15) is 0 Å². The molecule has 9 heteroatoms. The van der Waals surface area contributed by atoms with E-state index in [4.69, 9.17) is 4.98 Å². The summed E-state index contributed by atoms with van der Waals surface area (Å²) in [4.78, 5) is 18.5. The van der Waals surface area contributed by atoms with Crippen LogP contribution >= 0.6 is 0 Å². The summed E-state index contributed by atoms with van der Waals surface area (Å²) in [6, 6.07) is 5.01. The maximum absolute atomic E-state index is 13.8. The van der Waals surface area contributed by atoms with Crippen molar-refractivity contribution < 1.29 is 9.50 Å². The van der Waals surface area contributed by atoms with Crippen LogP contribution in [-0.2, 0) is 0 Å². The molecule has 1 aliphatic heterocycles. The van der Waals surface area contributed by atoms with Crippen molar-refractivity contribution in [2.75, 3.05) is 42.2 Å². The Kier molecular flexibility index (Phi) is 7.24. The normalized spacial score (nSPS) is 19.8. The van der Waals surface area contributed by atoms with Crippen LogP contribution in [0.1, 0.15) is 51.9 Å². The third-order valence-electron chi connectivity index (χ3n) is 6.67. The number of halogens is 1. The van der Waals surface area contributed by atoms with Gasteiger partial charge in [0.15, 0.2) is 11.6 Å². The molecule has 3 N–H and O–H groups in total. The lowest BCUT2D eigenvalue weighted by Crippen LogP contribution is -2.36. The van der Waals surface area contributed by atoms with Gasteiger partial charge in [0.25, 0.3) is 0 Å². The first-order chi connectivity index (χ1) is 15.5. The minimum Gasteiger partial charge on any atom is -0.505 e. The van der Waals surface area contributed by atoms with Gasteiger partial charge in [0, 0.05) is 37.4 Å². The number of hydrogen-bond acceptors (Lipinski definition) is 8. The van der Waals surface area contributed by atoms with Gasteiger partial charge >= 0.3 is 0 Å². The number of nitrogens with zero attached hydrogens (tertiary/aromatic N) is 5. The van der Waals surface area contributed by atoms with E-state index in [1.807, 2.05) is 7.05 Å². The predicted molar refractivity (Wildman–Crippen MR) is 125 cm³/mol. The van der Waals surface area contributed by atoms with Crippen molar-refractivity contribution in [2.45, 2.75) is 64.0 Å². The highest BCUT2D eigenvalue weighted by atomic mass is 19.1. The van der Waals surface area contributed by atoms with E-state index in [1.165, 1.54) is 44.2 Å². The molecule has 1 aromatic carbocycles. The summed E-state index contributed by atoms with van der Waals surface area (Å²) < 4.78 is 13.8. The van der Waals surface area contributed by atoms with Gasteiger partial charge < -0.3 is 20.6 Å². The molecule has 0 radical (unpaired) electrons. The van der Waals surface area contributed by atoms with Gasteiger partial charge in [-0.3, -0.25) is 4.90 Å². The molecule has 0 spiro atoms. The molecule has 32 heavy (non-hydrogen) atoms. The van der Waals surface area contributed by atoms with E-state index in [0.29, 0.717) is 35.6 Å². The maximum Gasteiger partial charge on any atom is 0.233 e. The van der Waals surface area contributed by atoms with Crippen molar-refractivity contribution in [1.82, 2.24) is 19.9 Å². The standard InChI is InChI=1S/C23H34FN7O/c1-3-31-13-7-10-18(31)15-25-21-27-22(26-16-11-12-20(32)19(24)14-16)29-23(28-21)30(2)17-8-5-4-6-9-17/h11-12,14,17-18,32H,3-10,13,15H2,1-2H3,(H2,25,26,27,28,29). The molecule has 1 unspecified atom stereocenters. The Balaban J connectivity index is 1.56. The molecule has 2 heterocycles. The SMILES string of the molecule is CCN1CCCC1CNc1nc(Nc2ccc(O)c(F)c2)nc(N(C)C2CCCCC2)n1. The second kappa shape index (κ2) is 10.3. The van der Waals surface area contributed by atoms with Crippen molar-refractivity contribution in [2.24, 2.45) is 0 Å². The summed E-state index contributed by atoms with van der Waals surface area (Å²) in [6.45, 7) is 5.14. The summed E-state index contributed by atoms with van der Waals surface area (Å²) in [5.74, 6) is 0.396. The lowest BCUT2D eigenvalue weighted by Gasteiger charge is -2.31. The van der Waals surface area contributed by atoms with E-state index in [9.17, 15) is 9.50 Å². The van der Waals surface area contributed by atoms with Crippen molar-refractivity contribution in [3.63, 3.8) is 0 Å².